The molecule has 0 aliphatic carbocycles. The molecule has 0 saturated heterocycles. The van der Waals surface area contributed by atoms with Crippen LogP contribution in [0.1, 0.15) is 38.9 Å². The summed E-state index contributed by atoms with van der Waals surface area (Å²) in [6.45, 7) is 1.84. The fraction of sp³-hybridized carbons (Fsp3) is 0.0909. The summed E-state index contributed by atoms with van der Waals surface area (Å²) in [5.74, 6) is 5.06. The summed E-state index contributed by atoms with van der Waals surface area (Å²) in [5.41, 5.74) is 7.65. The number of ether oxygens (including phenoxy) is 1. The van der Waals surface area contributed by atoms with E-state index in [1.165, 1.54) is 18.5 Å². The Kier molecular flexibility index (Phi) is 6.63. The number of nitrogens with two attached hydrogens (primary N) is 1. The number of hydrogen-bond donors (Lipinski definition) is 2. The second-order valence-electron chi connectivity index (χ2n) is 6.13. The fourth-order valence-electron chi connectivity index (χ4n) is 2.50. The van der Waals surface area contributed by atoms with Crippen LogP contribution in [0.2, 0.25) is 5.02 Å². The molecule has 0 unspecified atom stereocenters. The monoisotopic (exact) mass is 420 g/mol. The van der Waals surface area contributed by atoms with E-state index in [-0.39, 0.29) is 23.8 Å². The first-order valence-electron chi connectivity index (χ1n) is 8.82. The summed E-state index contributed by atoms with van der Waals surface area (Å²) in [7, 11) is 0. The van der Waals surface area contributed by atoms with Gasteiger partial charge in [-0.25, -0.2) is 4.98 Å². The average Bonchev–Trinajstić information content (AvgIpc) is 2.75. The maximum absolute atomic E-state index is 12.4. The average molecular weight is 421 g/mol. The molecule has 150 valence electrons. The number of carbonyl (C=O) groups is 2. The van der Waals surface area contributed by atoms with Gasteiger partial charge in [0.1, 0.15) is 18.1 Å². The van der Waals surface area contributed by atoms with Gasteiger partial charge >= 0.3 is 0 Å². The molecule has 3 rings (SSSR count). The second-order valence-corrected chi connectivity index (χ2v) is 6.54. The molecule has 0 atom stereocenters. The van der Waals surface area contributed by atoms with Crippen molar-refractivity contribution in [2.45, 2.75) is 13.5 Å². The van der Waals surface area contributed by atoms with Crippen LogP contribution < -0.4 is 15.8 Å². The van der Waals surface area contributed by atoms with Crippen molar-refractivity contribution >= 4 is 29.1 Å². The molecule has 2 amide bonds. The third-order valence-corrected chi connectivity index (χ3v) is 4.33. The number of hydrogen-bond acceptors (Lipinski definition) is 5. The van der Waals surface area contributed by atoms with Gasteiger partial charge in [-0.1, -0.05) is 17.5 Å². The predicted octanol–water partition coefficient (Wildman–Crippen LogP) is 3.43. The van der Waals surface area contributed by atoms with E-state index in [0.29, 0.717) is 22.0 Å². The van der Waals surface area contributed by atoms with E-state index in [1.54, 1.807) is 43.5 Å². The minimum atomic E-state index is -0.598. The Balaban J connectivity index is 1.70. The molecule has 0 aliphatic heterocycles. The van der Waals surface area contributed by atoms with Crippen molar-refractivity contribution in [3.05, 3.63) is 82.4 Å². The zero-order chi connectivity index (χ0) is 21.5. The van der Waals surface area contributed by atoms with Gasteiger partial charge in [0.15, 0.2) is 0 Å². The molecule has 0 spiro atoms. The normalized spacial score (nSPS) is 9.93. The zero-order valence-electron chi connectivity index (χ0n) is 16.0. The van der Waals surface area contributed by atoms with Gasteiger partial charge in [0.2, 0.25) is 5.91 Å². The summed E-state index contributed by atoms with van der Waals surface area (Å²) >= 11 is 6.24. The Morgan fingerprint density at radius 1 is 1.17 bits per heavy atom. The van der Waals surface area contributed by atoms with E-state index in [0.717, 1.165) is 5.56 Å². The molecule has 0 radical (unpaired) electrons. The first-order chi connectivity index (χ1) is 14.5. The molecule has 7 nitrogen and oxygen atoms in total. The third-order valence-electron chi connectivity index (χ3n) is 3.96. The zero-order valence-corrected chi connectivity index (χ0v) is 16.7. The standard InChI is InChI=1S/C22H17ClN4O3/c1-2-3-14-4-7-20(26-10-14)22(29)27-17-5-6-19(23)16(8-17)13-30-18-9-15(21(24)28)11-25-12-18/h4-12H,13H2,1H3,(H2,24,28)(H,27,29). The van der Waals surface area contributed by atoms with Crippen LogP contribution in [0, 0.1) is 11.8 Å². The maximum Gasteiger partial charge on any atom is 0.274 e. The SMILES string of the molecule is CC#Cc1ccc(C(=O)Nc2ccc(Cl)c(COc3cncc(C(N)=O)c3)c2)nc1. The molecular weight excluding hydrogens is 404 g/mol. The number of nitrogens with zero attached hydrogens (tertiary/aromatic N) is 2. The first-order valence-corrected chi connectivity index (χ1v) is 9.20. The molecule has 1 aromatic carbocycles. The number of primary amides is 1. The van der Waals surface area contributed by atoms with Crippen LogP contribution in [-0.4, -0.2) is 21.8 Å². The quantitative estimate of drug-likeness (QED) is 0.594. The minimum Gasteiger partial charge on any atom is -0.487 e. The lowest BCUT2D eigenvalue weighted by Gasteiger charge is -2.11. The van der Waals surface area contributed by atoms with Crippen LogP contribution >= 0.6 is 11.6 Å². The molecule has 3 aromatic rings. The van der Waals surface area contributed by atoms with E-state index in [2.05, 4.69) is 27.1 Å². The van der Waals surface area contributed by atoms with Crippen LogP contribution in [0.25, 0.3) is 0 Å². The molecule has 30 heavy (non-hydrogen) atoms. The van der Waals surface area contributed by atoms with E-state index in [1.807, 2.05) is 0 Å². The number of halogens is 1. The number of anilines is 1. The van der Waals surface area contributed by atoms with E-state index in [4.69, 9.17) is 22.1 Å². The number of benzene rings is 1. The molecule has 0 aliphatic rings. The van der Waals surface area contributed by atoms with Gasteiger partial charge in [0.05, 0.1) is 11.8 Å². The van der Waals surface area contributed by atoms with E-state index >= 15 is 0 Å². The highest BCUT2D eigenvalue weighted by molar-refractivity contribution is 6.31. The van der Waals surface area contributed by atoms with Crippen LogP contribution in [0.4, 0.5) is 5.69 Å². The van der Waals surface area contributed by atoms with Crippen molar-refractivity contribution in [2.75, 3.05) is 5.32 Å². The van der Waals surface area contributed by atoms with Crippen LogP contribution in [-0.2, 0) is 6.61 Å². The van der Waals surface area contributed by atoms with Crippen LogP contribution in [0.3, 0.4) is 0 Å². The molecule has 0 bridgehead atoms. The lowest BCUT2D eigenvalue weighted by atomic mass is 10.2. The molecular formula is C22H17ClN4O3. The number of pyridine rings is 2. The molecule has 8 heteroatoms. The Morgan fingerprint density at radius 2 is 2.00 bits per heavy atom. The van der Waals surface area contributed by atoms with Gasteiger partial charge in [0.25, 0.3) is 5.91 Å². The highest BCUT2D eigenvalue weighted by atomic mass is 35.5. The van der Waals surface area contributed by atoms with Gasteiger partial charge in [-0.2, -0.15) is 0 Å². The number of aromatic nitrogens is 2. The van der Waals surface area contributed by atoms with Crippen molar-refractivity contribution in [1.82, 2.24) is 9.97 Å². The summed E-state index contributed by atoms with van der Waals surface area (Å²) in [4.78, 5) is 31.7. The third kappa shape index (κ3) is 5.34. The van der Waals surface area contributed by atoms with Crippen molar-refractivity contribution in [1.29, 1.82) is 0 Å². The van der Waals surface area contributed by atoms with Crippen LogP contribution in [0.15, 0.2) is 55.0 Å². The molecule has 2 heterocycles. The second kappa shape index (κ2) is 9.54. The lowest BCUT2D eigenvalue weighted by Crippen LogP contribution is -2.14. The topological polar surface area (TPSA) is 107 Å². The van der Waals surface area contributed by atoms with Crippen molar-refractivity contribution < 1.29 is 14.3 Å². The van der Waals surface area contributed by atoms with Gasteiger partial charge in [-0.15, -0.1) is 5.92 Å². The molecule has 0 fully saturated rings. The Labute approximate surface area is 178 Å². The van der Waals surface area contributed by atoms with Crippen LogP contribution in [0.5, 0.6) is 5.75 Å². The predicted molar refractivity (Wildman–Crippen MR) is 113 cm³/mol. The largest absolute Gasteiger partial charge is 0.487 e. The van der Waals surface area contributed by atoms with Gasteiger partial charge in [0, 0.05) is 34.2 Å². The summed E-state index contributed by atoms with van der Waals surface area (Å²) in [6, 6.07) is 9.86. The Hall–Kier alpha value is -3.89. The number of rotatable bonds is 6. The molecule has 0 saturated carbocycles. The highest BCUT2D eigenvalue weighted by Crippen LogP contribution is 2.23. The Bertz CT molecular complexity index is 1150. The maximum atomic E-state index is 12.4. The summed E-state index contributed by atoms with van der Waals surface area (Å²) in [6.07, 6.45) is 4.36. The summed E-state index contributed by atoms with van der Waals surface area (Å²) < 4.78 is 5.65. The smallest absolute Gasteiger partial charge is 0.274 e. The van der Waals surface area contributed by atoms with E-state index < -0.39 is 5.91 Å². The number of nitrogens with one attached hydrogen (secondary N) is 1. The van der Waals surface area contributed by atoms with Crippen molar-refractivity contribution in [3.8, 4) is 17.6 Å². The summed E-state index contributed by atoms with van der Waals surface area (Å²) in [5, 5.41) is 3.24. The number of carbonyl (C=O) groups excluding carboxylic acids is 2. The van der Waals surface area contributed by atoms with Gasteiger partial charge in [-0.05, 0) is 43.3 Å². The minimum absolute atomic E-state index is 0.106. The highest BCUT2D eigenvalue weighted by Gasteiger charge is 2.10. The first kappa shape index (κ1) is 20.8. The Morgan fingerprint density at radius 3 is 2.70 bits per heavy atom. The van der Waals surface area contributed by atoms with Crippen molar-refractivity contribution in [2.24, 2.45) is 5.73 Å². The lowest BCUT2D eigenvalue weighted by molar-refractivity contribution is 0.0996. The fourth-order valence-corrected chi connectivity index (χ4v) is 2.67. The van der Waals surface area contributed by atoms with Gasteiger partial charge < -0.3 is 15.8 Å². The molecule has 2 aromatic heterocycles. The van der Waals surface area contributed by atoms with E-state index in [9.17, 15) is 9.59 Å². The number of amides is 2. The molecule has 3 N–H and O–H groups in total. The van der Waals surface area contributed by atoms with Crippen molar-refractivity contribution in [3.63, 3.8) is 0 Å². The van der Waals surface area contributed by atoms with Gasteiger partial charge in [-0.3, -0.25) is 14.6 Å².